The van der Waals surface area contributed by atoms with Crippen molar-refractivity contribution >= 4 is 88.4 Å². The molecule has 4 aliphatic heterocycles. The lowest BCUT2D eigenvalue weighted by atomic mass is 9.82. The van der Waals surface area contributed by atoms with Gasteiger partial charge in [-0.25, -0.2) is 9.59 Å². The normalized spacial score (nSPS) is 25.3. The molecule has 2 fully saturated rings. The number of rotatable bonds is 26. The van der Waals surface area contributed by atoms with Gasteiger partial charge in [0.2, 0.25) is 41.4 Å². The van der Waals surface area contributed by atoms with Crippen LogP contribution in [0.2, 0.25) is 5.02 Å². The van der Waals surface area contributed by atoms with Gasteiger partial charge in [-0.1, -0.05) is 55.8 Å². The van der Waals surface area contributed by atoms with Crippen LogP contribution in [-0.2, 0) is 63.8 Å². The number of hydrogen-bond acceptors (Lipinski definition) is 17. The molecule has 4 bridgehead atoms. The third-order valence-electron chi connectivity index (χ3n) is 16.1. The second kappa shape index (κ2) is 31.6. The molecule has 0 spiro atoms. The summed E-state index contributed by atoms with van der Waals surface area (Å²) in [6.45, 7) is 12.7. The Labute approximate surface area is 511 Å². The average Bonchev–Trinajstić information content (AvgIpc) is 1.60. The average molecular weight is 1240 g/mol. The second-order valence-corrected chi connectivity index (χ2v) is 23.9. The third kappa shape index (κ3) is 18.8. The van der Waals surface area contributed by atoms with E-state index in [-0.39, 0.29) is 62.2 Å². The number of allylic oxidation sites excluding steroid dienone is 4. The fourth-order valence-electron chi connectivity index (χ4n) is 10.4. The summed E-state index contributed by atoms with van der Waals surface area (Å²) in [5.74, 6) is -7.74. The van der Waals surface area contributed by atoms with Gasteiger partial charge >= 0.3 is 12.1 Å². The van der Waals surface area contributed by atoms with Gasteiger partial charge in [-0.15, -0.1) is 0 Å². The Kier molecular flexibility index (Phi) is 25.6. The van der Waals surface area contributed by atoms with Gasteiger partial charge < -0.3 is 71.5 Å². The van der Waals surface area contributed by atoms with E-state index >= 15 is 0 Å². The zero-order valence-corrected chi connectivity index (χ0v) is 52.1. The topological polar surface area (TPSA) is 353 Å². The molecule has 10 N–H and O–H groups in total. The van der Waals surface area contributed by atoms with Crippen LogP contribution >= 0.6 is 23.4 Å². The molecule has 0 aromatic heterocycles. The number of unbranched alkanes of at least 4 members (excludes halogenated alkanes) is 1. The summed E-state index contributed by atoms with van der Waals surface area (Å²) in [7, 11) is 4.31. The fraction of sp³-hybridized carbons (Fsp3) is 0.593. The lowest BCUT2D eigenvalue weighted by Gasteiger charge is -2.41. The number of hydrogen-bond donors (Lipinski definition) is 8. The molecule has 4 aliphatic rings. The maximum atomic E-state index is 14.5. The van der Waals surface area contributed by atoms with E-state index in [2.05, 4.69) is 33.2 Å². The van der Waals surface area contributed by atoms with Crippen LogP contribution in [0.4, 0.5) is 10.5 Å². The van der Waals surface area contributed by atoms with Crippen LogP contribution in [0.3, 0.4) is 0 Å². The van der Waals surface area contributed by atoms with Gasteiger partial charge in [0.15, 0.2) is 0 Å². The fourth-order valence-corrected chi connectivity index (χ4v) is 11.2. The second-order valence-electron chi connectivity index (χ2n) is 22.5. The van der Waals surface area contributed by atoms with Crippen molar-refractivity contribution in [1.82, 2.24) is 36.4 Å². The van der Waals surface area contributed by atoms with Crippen molar-refractivity contribution in [2.45, 2.75) is 147 Å². The first kappa shape index (κ1) is 69.8. The Morgan fingerprint density at radius 2 is 1.71 bits per heavy atom. The summed E-state index contributed by atoms with van der Waals surface area (Å²) in [6.07, 6.45) is 6.18. The largest absolute Gasteiger partial charge is 0.495 e. The van der Waals surface area contributed by atoms with Crippen LogP contribution < -0.4 is 47.7 Å². The summed E-state index contributed by atoms with van der Waals surface area (Å²) in [5.41, 5.74) is 10.6. The summed E-state index contributed by atoms with van der Waals surface area (Å²) >= 11 is 8.23. The number of likely N-dealkylation sites (N-methyl/N-ethyl adjacent to an activating group) is 1. The molecule has 0 radical (unpaired) electrons. The van der Waals surface area contributed by atoms with Crippen LogP contribution in [0, 0.1) is 17.8 Å². The molecule has 0 saturated carbocycles. The van der Waals surface area contributed by atoms with E-state index < -0.39 is 132 Å². The number of methoxy groups -OCH3 is 1. The van der Waals surface area contributed by atoms with Gasteiger partial charge in [0.1, 0.15) is 52.4 Å². The maximum Gasteiger partial charge on any atom is 0.409 e. The first-order chi connectivity index (χ1) is 40.6. The predicted molar refractivity (Wildman–Crippen MR) is 322 cm³/mol. The van der Waals surface area contributed by atoms with Crippen molar-refractivity contribution in [3.63, 3.8) is 0 Å². The zero-order valence-electron chi connectivity index (χ0n) is 50.5. The van der Waals surface area contributed by atoms with Gasteiger partial charge in [0.05, 0.1) is 31.7 Å². The highest BCUT2D eigenvalue weighted by Crippen LogP contribution is 2.49. The van der Waals surface area contributed by atoms with Crippen molar-refractivity contribution in [2.24, 2.45) is 29.2 Å². The molecule has 2 saturated heterocycles. The van der Waals surface area contributed by atoms with E-state index in [1.165, 1.54) is 55.8 Å². The van der Waals surface area contributed by atoms with E-state index in [0.29, 0.717) is 48.7 Å². The SMILES string of the molecule is C=C1C=CC(=O)N1CCC(=O)NCCNC(=O)C(CCCCN)NC(=O)[C@H](CC(N)=O)NC(=O)C(CCSC)CC(=O)N(C)[C@@H](C)C(=O)OC1CC(=O)N(C)c2cc(cc(OC)c2Cl)C/C(C)=C/C=C/C(C)C2(O)CC(OC(=O)N2)C(C)C2OC12C. The number of nitrogens with one attached hydrogen (secondary N) is 5. The van der Waals surface area contributed by atoms with Crippen molar-refractivity contribution in [1.29, 1.82) is 0 Å². The van der Waals surface area contributed by atoms with Gasteiger partial charge in [-0.3, -0.25) is 43.7 Å². The Hall–Kier alpha value is -7.00. The van der Waals surface area contributed by atoms with Crippen molar-refractivity contribution in [3.8, 4) is 5.75 Å². The quantitative estimate of drug-likeness (QED) is 0.0375. The Balaban J connectivity index is 1.31. The highest BCUT2D eigenvalue weighted by atomic mass is 35.5. The van der Waals surface area contributed by atoms with Crippen LogP contribution in [0.25, 0.3) is 0 Å². The highest BCUT2D eigenvalue weighted by Gasteiger charge is 2.64. The van der Waals surface area contributed by atoms with Crippen molar-refractivity contribution < 1.29 is 72.0 Å². The number of halogens is 1. The molecular weight excluding hydrogens is 1160 g/mol. The summed E-state index contributed by atoms with van der Waals surface area (Å²) < 4.78 is 23.9. The number of aliphatic hydroxyl groups is 1. The Bertz CT molecular complexity index is 2800. The Morgan fingerprint density at radius 1 is 1.01 bits per heavy atom. The minimum absolute atomic E-state index is 0.0144. The summed E-state index contributed by atoms with van der Waals surface area (Å²) in [5, 5.41) is 25.1. The first-order valence-electron chi connectivity index (χ1n) is 28.7. The van der Waals surface area contributed by atoms with E-state index in [1.54, 1.807) is 57.4 Å². The van der Waals surface area contributed by atoms with Crippen LogP contribution in [0.1, 0.15) is 98.0 Å². The van der Waals surface area contributed by atoms with E-state index in [0.717, 1.165) is 16.0 Å². The third-order valence-corrected chi connectivity index (χ3v) is 17.1. The van der Waals surface area contributed by atoms with Crippen molar-refractivity contribution in [2.75, 3.05) is 64.3 Å². The molecular formula is C59H85ClN10O15S. The van der Waals surface area contributed by atoms with Gasteiger partial charge in [0.25, 0.3) is 5.91 Å². The number of carbonyl (C=O) groups is 10. The molecule has 1 aromatic rings. The van der Waals surface area contributed by atoms with E-state index in [4.69, 9.17) is 42.0 Å². The first-order valence-corrected chi connectivity index (χ1v) is 30.5. The van der Waals surface area contributed by atoms with Crippen LogP contribution in [0.5, 0.6) is 5.75 Å². The number of carbonyl (C=O) groups excluding carboxylic acids is 10. The molecule has 9 unspecified atom stereocenters. The molecule has 25 nitrogen and oxygen atoms in total. The number of nitrogens with two attached hydrogens (primary N) is 2. The molecule has 5 rings (SSSR count). The predicted octanol–water partition coefficient (Wildman–Crippen LogP) is 2.40. The number of anilines is 1. The van der Waals surface area contributed by atoms with Gasteiger partial charge in [0, 0.05) is 82.5 Å². The smallest absolute Gasteiger partial charge is 0.409 e. The number of ether oxygens (including phenoxy) is 4. The minimum Gasteiger partial charge on any atom is -0.495 e. The van der Waals surface area contributed by atoms with Crippen LogP contribution in [-0.4, -0.2) is 181 Å². The van der Waals surface area contributed by atoms with Crippen LogP contribution in [0.15, 0.2) is 60.4 Å². The molecule has 474 valence electrons. The molecule has 9 amide bonds. The molecule has 1 aromatic carbocycles. The number of benzene rings is 1. The number of alkyl carbamates (subject to hydrolysis) is 1. The number of nitrogens with zero attached hydrogens (tertiary/aromatic N) is 3. The monoisotopic (exact) mass is 1240 g/mol. The lowest BCUT2D eigenvalue weighted by molar-refractivity contribution is -0.162. The van der Waals surface area contributed by atoms with Crippen molar-refractivity contribution in [3.05, 3.63) is 70.9 Å². The summed E-state index contributed by atoms with van der Waals surface area (Å²) in [4.78, 5) is 138. The zero-order chi connectivity index (χ0) is 63.8. The molecule has 27 heteroatoms. The Morgan fingerprint density at radius 3 is 2.36 bits per heavy atom. The highest BCUT2D eigenvalue weighted by molar-refractivity contribution is 7.98. The van der Waals surface area contributed by atoms with Gasteiger partial charge in [-0.2, -0.15) is 11.8 Å². The molecule has 86 heavy (non-hydrogen) atoms. The molecule has 11 atom stereocenters. The number of epoxide rings is 1. The van der Waals surface area contributed by atoms with E-state index in [1.807, 2.05) is 13.0 Å². The minimum atomic E-state index is -1.72. The summed E-state index contributed by atoms with van der Waals surface area (Å²) in [6, 6.07) is -0.568. The maximum absolute atomic E-state index is 14.5. The number of amides is 9. The number of esters is 1. The molecule has 4 heterocycles. The number of primary amides is 1. The van der Waals surface area contributed by atoms with E-state index in [9.17, 15) is 53.1 Å². The number of fused-ring (bicyclic) bond motifs is 5. The molecule has 0 aliphatic carbocycles. The number of thioether (sulfide) groups is 1. The lowest BCUT2D eigenvalue weighted by Crippen LogP contribution is -2.60. The van der Waals surface area contributed by atoms with Gasteiger partial charge in [-0.05, 0) is 95.2 Å². The standard InChI is InChI=1S/C59H85ClN10O15S/c1-33-14-13-15-34(2)59(81)32-44(83-57(80)67-59)36(4)52-58(6,85-52)45(31-50(75)69(8)42-27-38(26-33)28-43(82-9)51(42)60)84-56(79)37(5)68(7)49(74)29-39(20-25-86-10)53(76)66-41(30-46(62)71)55(78)65-40(16-11-12-21-61)54(77)64-23-22-63-47(72)19-24-70-35(3)17-18-48(70)73/h13-15,17-18,27-28,34,36-37,39-41,44-45,52,81H,3,11-12,16,19-26,29-32,61H2,1-2,4-10H3,(H2,62,71)(H,63,72)(H,64,77)(H,65,78)(H,66,76)(H,67,80)/b15-13+,33-14+/t34?,36?,37-,39?,40?,41-,44?,45?,52?,58?,59?/m0/s1.